The highest BCUT2D eigenvalue weighted by atomic mass is 35.5. The van der Waals surface area contributed by atoms with E-state index in [-0.39, 0.29) is 5.56 Å². The van der Waals surface area contributed by atoms with Crippen LogP contribution in [0.3, 0.4) is 0 Å². The molecule has 4 nitrogen and oxygen atoms in total. The quantitative estimate of drug-likeness (QED) is 0.748. The van der Waals surface area contributed by atoms with Gasteiger partial charge in [-0.25, -0.2) is 4.98 Å². The monoisotopic (exact) mass is 233 g/mol. The molecule has 0 aliphatic rings. The molecule has 6 heteroatoms. The molecule has 2 radical (unpaired) electrons. The normalized spacial score (nSPS) is 12.9. The van der Waals surface area contributed by atoms with Gasteiger partial charge in [-0.05, 0) is 19.1 Å². The number of benzene rings is 1. The molecular formula is C10H9BClN3O. The Morgan fingerprint density at radius 1 is 1.56 bits per heavy atom. The maximum absolute atomic E-state index is 11.9. The van der Waals surface area contributed by atoms with E-state index in [1.807, 2.05) is 0 Å². The van der Waals surface area contributed by atoms with Crippen LogP contribution in [-0.4, -0.2) is 17.4 Å². The second-order valence-corrected chi connectivity index (χ2v) is 3.97. The Balaban J connectivity index is 2.95. The van der Waals surface area contributed by atoms with Gasteiger partial charge in [-0.3, -0.25) is 4.79 Å². The van der Waals surface area contributed by atoms with Crippen molar-refractivity contribution in [1.82, 2.24) is 9.46 Å². The first-order valence-corrected chi connectivity index (χ1v) is 5.12. The zero-order chi connectivity index (χ0) is 11.9. The van der Waals surface area contributed by atoms with Crippen LogP contribution in [0.2, 0.25) is 5.02 Å². The standard InChI is InChI=1S/C10H9BClN3O/c1-5(13)9-14-7-4-2-3-6(12)8(7)10(16)15(9)11/h2-5H,13H2,1H3/t5-/m0/s1. The van der Waals surface area contributed by atoms with Crippen molar-refractivity contribution in [3.05, 3.63) is 39.4 Å². The summed E-state index contributed by atoms with van der Waals surface area (Å²) < 4.78 is 0.943. The van der Waals surface area contributed by atoms with Crippen LogP contribution in [0, 0.1) is 0 Å². The number of nitrogens with zero attached hydrogens (tertiary/aromatic N) is 2. The molecule has 2 N–H and O–H groups in total. The van der Waals surface area contributed by atoms with Crippen molar-refractivity contribution in [2.75, 3.05) is 0 Å². The van der Waals surface area contributed by atoms with E-state index in [9.17, 15) is 4.79 Å². The lowest BCUT2D eigenvalue weighted by Gasteiger charge is -2.12. The highest BCUT2D eigenvalue weighted by Gasteiger charge is 2.12. The molecule has 1 heterocycles. The van der Waals surface area contributed by atoms with Crippen LogP contribution >= 0.6 is 11.6 Å². The number of hydrogen-bond donors (Lipinski definition) is 1. The van der Waals surface area contributed by atoms with Gasteiger partial charge < -0.3 is 10.2 Å². The van der Waals surface area contributed by atoms with Crippen molar-refractivity contribution in [2.45, 2.75) is 13.0 Å². The summed E-state index contributed by atoms with van der Waals surface area (Å²) >= 11 is 5.93. The lowest BCUT2D eigenvalue weighted by Crippen LogP contribution is -2.27. The Morgan fingerprint density at radius 3 is 2.88 bits per heavy atom. The highest BCUT2D eigenvalue weighted by molar-refractivity contribution is 6.35. The zero-order valence-electron chi connectivity index (χ0n) is 8.64. The summed E-state index contributed by atoms with van der Waals surface area (Å²) in [5.74, 6) is 0.333. The van der Waals surface area contributed by atoms with Crippen LogP contribution in [0.5, 0.6) is 0 Å². The van der Waals surface area contributed by atoms with Gasteiger partial charge in [-0.2, -0.15) is 0 Å². The average molecular weight is 233 g/mol. The second-order valence-electron chi connectivity index (χ2n) is 3.57. The molecule has 1 atom stereocenters. The molecule has 2 aromatic rings. The van der Waals surface area contributed by atoms with Crippen molar-refractivity contribution in [3.8, 4) is 0 Å². The maximum atomic E-state index is 11.9. The van der Waals surface area contributed by atoms with Crippen molar-refractivity contribution >= 4 is 30.5 Å². The zero-order valence-corrected chi connectivity index (χ0v) is 9.40. The van der Waals surface area contributed by atoms with Crippen molar-refractivity contribution in [2.24, 2.45) is 5.73 Å². The van der Waals surface area contributed by atoms with Gasteiger partial charge in [0.2, 0.25) is 13.5 Å². The van der Waals surface area contributed by atoms with E-state index in [1.54, 1.807) is 25.1 Å². The molecule has 0 saturated carbocycles. The van der Waals surface area contributed by atoms with Crippen LogP contribution in [0.1, 0.15) is 18.8 Å². The van der Waals surface area contributed by atoms with Gasteiger partial charge >= 0.3 is 0 Å². The summed E-state index contributed by atoms with van der Waals surface area (Å²) in [6.07, 6.45) is 0. The number of hydrogen-bond acceptors (Lipinski definition) is 3. The first kappa shape index (κ1) is 11.2. The Bertz CT molecular complexity index is 609. The van der Waals surface area contributed by atoms with Crippen LogP contribution in [-0.2, 0) is 0 Å². The van der Waals surface area contributed by atoms with Gasteiger partial charge in [0.05, 0.1) is 22.0 Å². The predicted octanol–water partition coefficient (Wildman–Crippen LogP) is 1.00. The van der Waals surface area contributed by atoms with E-state index in [1.165, 1.54) is 0 Å². The molecule has 0 aliphatic carbocycles. The summed E-state index contributed by atoms with van der Waals surface area (Å²) in [5.41, 5.74) is 5.80. The second kappa shape index (κ2) is 3.92. The summed E-state index contributed by atoms with van der Waals surface area (Å²) in [5, 5.41) is 0.654. The molecule has 0 fully saturated rings. The SMILES string of the molecule is [B]n1c([C@H](C)N)nc2cccc(Cl)c2c1=O. The fourth-order valence-corrected chi connectivity index (χ4v) is 1.79. The molecular weight excluding hydrogens is 224 g/mol. The third-order valence-electron chi connectivity index (χ3n) is 2.31. The molecule has 16 heavy (non-hydrogen) atoms. The minimum absolute atomic E-state index is 0.316. The van der Waals surface area contributed by atoms with Gasteiger partial charge in [0.1, 0.15) is 5.82 Å². The van der Waals surface area contributed by atoms with Gasteiger partial charge in [-0.1, -0.05) is 17.7 Å². The smallest absolute Gasteiger partial charge is 0.249 e. The minimum Gasteiger partial charge on any atom is -0.352 e. The number of rotatable bonds is 1. The van der Waals surface area contributed by atoms with Crippen molar-refractivity contribution in [3.63, 3.8) is 0 Å². The first-order chi connectivity index (χ1) is 7.52. The summed E-state index contributed by atoms with van der Waals surface area (Å²) in [6, 6.07) is 4.64. The molecule has 1 aromatic carbocycles. The highest BCUT2D eigenvalue weighted by Crippen LogP contribution is 2.19. The van der Waals surface area contributed by atoms with E-state index < -0.39 is 6.04 Å². The van der Waals surface area contributed by atoms with E-state index in [0.717, 1.165) is 4.48 Å². The lowest BCUT2D eigenvalue weighted by atomic mass is 10.2. The Labute approximate surface area is 98.5 Å². The van der Waals surface area contributed by atoms with Crippen LogP contribution in [0.4, 0.5) is 0 Å². The van der Waals surface area contributed by atoms with Gasteiger partial charge in [0.15, 0.2) is 0 Å². The maximum Gasteiger partial charge on any atom is 0.249 e. The molecule has 0 amide bonds. The topological polar surface area (TPSA) is 60.9 Å². The molecule has 0 unspecified atom stereocenters. The van der Waals surface area contributed by atoms with Crippen LogP contribution in [0.25, 0.3) is 10.9 Å². The lowest BCUT2D eigenvalue weighted by molar-refractivity contribution is 0.722. The molecule has 1 aromatic heterocycles. The fraction of sp³-hybridized carbons (Fsp3) is 0.200. The third kappa shape index (κ3) is 1.62. The molecule has 0 bridgehead atoms. The largest absolute Gasteiger partial charge is 0.352 e. The van der Waals surface area contributed by atoms with Gasteiger partial charge in [0.25, 0.3) is 0 Å². The third-order valence-corrected chi connectivity index (χ3v) is 2.63. The number of nitrogens with two attached hydrogens (primary N) is 1. The van der Waals surface area contributed by atoms with Crippen molar-refractivity contribution in [1.29, 1.82) is 0 Å². The summed E-state index contributed by atoms with van der Waals surface area (Å²) in [6.45, 7) is 1.71. The molecule has 0 spiro atoms. The number of aromatic nitrogens is 2. The van der Waals surface area contributed by atoms with Gasteiger partial charge in [-0.15, -0.1) is 0 Å². The summed E-state index contributed by atoms with van der Waals surface area (Å²) in [7, 11) is 5.62. The predicted molar refractivity (Wildman–Crippen MR) is 64.8 cm³/mol. The van der Waals surface area contributed by atoms with Crippen LogP contribution in [0.15, 0.2) is 23.0 Å². The Kier molecular flexibility index (Phi) is 2.74. The van der Waals surface area contributed by atoms with Crippen LogP contribution < -0.4 is 11.3 Å². The molecule has 2 rings (SSSR count). The van der Waals surface area contributed by atoms with E-state index in [4.69, 9.17) is 25.3 Å². The first-order valence-electron chi connectivity index (χ1n) is 4.74. The van der Waals surface area contributed by atoms with E-state index in [0.29, 0.717) is 21.7 Å². The minimum atomic E-state index is -0.416. The Morgan fingerprint density at radius 2 is 2.25 bits per heavy atom. The molecule has 0 aliphatic heterocycles. The summed E-state index contributed by atoms with van der Waals surface area (Å²) in [4.78, 5) is 16.2. The fourth-order valence-electron chi connectivity index (χ4n) is 1.54. The molecule has 0 saturated heterocycles. The number of halogens is 1. The average Bonchev–Trinajstić information content (AvgIpc) is 2.22. The Hall–Kier alpha value is -1.33. The molecule has 80 valence electrons. The van der Waals surface area contributed by atoms with E-state index in [2.05, 4.69) is 4.98 Å². The van der Waals surface area contributed by atoms with Gasteiger partial charge in [0, 0.05) is 0 Å². The van der Waals surface area contributed by atoms with Crippen molar-refractivity contribution < 1.29 is 0 Å². The van der Waals surface area contributed by atoms with E-state index >= 15 is 0 Å². The number of fused-ring (bicyclic) bond motifs is 1.